The smallest absolute Gasteiger partial charge is 0.289 e. The minimum atomic E-state index is -0.538. The average Bonchev–Trinajstić information content (AvgIpc) is 2.90. The number of amides is 2. The predicted molar refractivity (Wildman–Crippen MR) is 109 cm³/mol. The number of rotatable bonds is 2. The number of furan rings is 1. The summed E-state index contributed by atoms with van der Waals surface area (Å²) >= 11 is 6.19. The Morgan fingerprint density at radius 2 is 1.66 bits per heavy atom. The minimum absolute atomic E-state index is 0.0510. The number of aryl methyl sites for hydroxylation is 1. The number of carbonyl (C=O) groups is 2. The Labute approximate surface area is 172 Å². The van der Waals surface area contributed by atoms with Crippen molar-refractivity contribution in [3.63, 3.8) is 0 Å². The molecule has 0 bridgehead atoms. The van der Waals surface area contributed by atoms with Gasteiger partial charge in [-0.15, -0.1) is 0 Å². The van der Waals surface area contributed by atoms with Gasteiger partial charge in [-0.05, 0) is 31.5 Å². The fraction of sp³-hybridized carbons (Fsp3) is 0.273. The summed E-state index contributed by atoms with van der Waals surface area (Å²) < 4.78 is 19.8. The summed E-state index contributed by atoms with van der Waals surface area (Å²) in [5.74, 6) is -0.856. The number of carbonyl (C=O) groups excluding carboxylic acids is 2. The largest absolute Gasteiger partial charge is 0.449 e. The lowest BCUT2D eigenvalue weighted by Crippen LogP contribution is -2.37. The maximum atomic E-state index is 14.0. The normalized spacial score (nSPS) is 14.9. The van der Waals surface area contributed by atoms with E-state index in [1.807, 2.05) is 19.1 Å². The second-order valence-electron chi connectivity index (χ2n) is 7.09. The van der Waals surface area contributed by atoms with Crippen LogP contribution < -0.4 is 0 Å². The molecule has 2 amide bonds. The summed E-state index contributed by atoms with van der Waals surface area (Å²) in [4.78, 5) is 29.0. The van der Waals surface area contributed by atoms with Gasteiger partial charge in [-0.3, -0.25) is 9.59 Å². The standard InChI is InChI=1S/C22H20ClFN2O3/c1-14-15-7-4-8-17(23)20(15)29-19(14)22(28)26-11-5-10-25(12-13-26)21(27)16-6-2-3-9-18(16)24/h2-4,6-9H,5,10-13H2,1H3. The van der Waals surface area contributed by atoms with Crippen LogP contribution in [0.25, 0.3) is 11.0 Å². The van der Waals surface area contributed by atoms with E-state index < -0.39 is 5.82 Å². The van der Waals surface area contributed by atoms with E-state index in [-0.39, 0.29) is 23.1 Å². The van der Waals surface area contributed by atoms with Crippen molar-refractivity contribution in [2.75, 3.05) is 26.2 Å². The van der Waals surface area contributed by atoms with E-state index in [9.17, 15) is 14.0 Å². The number of halogens is 2. The second kappa shape index (κ2) is 7.87. The van der Waals surface area contributed by atoms with E-state index in [4.69, 9.17) is 16.0 Å². The van der Waals surface area contributed by atoms with Gasteiger partial charge in [0.2, 0.25) is 0 Å². The Morgan fingerprint density at radius 1 is 0.966 bits per heavy atom. The molecule has 1 saturated heterocycles. The summed E-state index contributed by atoms with van der Waals surface area (Å²) in [7, 11) is 0. The van der Waals surface area contributed by atoms with Gasteiger partial charge in [-0.1, -0.05) is 35.9 Å². The van der Waals surface area contributed by atoms with Crippen molar-refractivity contribution in [2.45, 2.75) is 13.3 Å². The van der Waals surface area contributed by atoms with E-state index in [2.05, 4.69) is 0 Å². The lowest BCUT2D eigenvalue weighted by atomic mass is 10.1. The van der Waals surface area contributed by atoms with E-state index in [0.717, 1.165) is 10.9 Å². The highest BCUT2D eigenvalue weighted by Gasteiger charge is 2.28. The molecule has 0 unspecified atom stereocenters. The van der Waals surface area contributed by atoms with Crippen LogP contribution >= 0.6 is 11.6 Å². The minimum Gasteiger partial charge on any atom is -0.449 e. The number of hydrogen-bond acceptors (Lipinski definition) is 3. The Morgan fingerprint density at radius 3 is 2.34 bits per heavy atom. The van der Waals surface area contributed by atoms with Gasteiger partial charge >= 0.3 is 0 Å². The third-order valence-electron chi connectivity index (χ3n) is 5.28. The number of benzene rings is 2. The zero-order chi connectivity index (χ0) is 20.5. The van der Waals surface area contributed by atoms with Crippen LogP contribution in [-0.2, 0) is 0 Å². The summed E-state index contributed by atoms with van der Waals surface area (Å²) in [5, 5.41) is 1.27. The second-order valence-corrected chi connectivity index (χ2v) is 7.50. The lowest BCUT2D eigenvalue weighted by molar-refractivity contribution is 0.0699. The molecule has 5 nitrogen and oxygen atoms in total. The number of nitrogens with zero attached hydrogens (tertiary/aromatic N) is 2. The molecule has 2 aromatic carbocycles. The van der Waals surface area contributed by atoms with E-state index >= 15 is 0 Å². The first-order chi connectivity index (χ1) is 14.0. The maximum absolute atomic E-state index is 14.0. The molecule has 7 heteroatoms. The van der Waals surface area contributed by atoms with Crippen LogP contribution in [0.5, 0.6) is 0 Å². The molecule has 0 aliphatic carbocycles. The van der Waals surface area contributed by atoms with E-state index in [1.165, 1.54) is 12.1 Å². The first-order valence-electron chi connectivity index (χ1n) is 9.48. The van der Waals surface area contributed by atoms with Crippen LogP contribution in [0, 0.1) is 12.7 Å². The Kier molecular flexibility index (Phi) is 5.28. The van der Waals surface area contributed by atoms with Crippen LogP contribution in [0.4, 0.5) is 4.39 Å². The first kappa shape index (κ1) is 19.5. The Hall–Kier alpha value is -2.86. The number of para-hydroxylation sites is 1. The molecule has 1 aromatic heterocycles. The molecular weight excluding hydrogens is 395 g/mol. The number of hydrogen-bond donors (Lipinski definition) is 0. The maximum Gasteiger partial charge on any atom is 0.289 e. The van der Waals surface area contributed by atoms with Crippen molar-refractivity contribution in [3.05, 3.63) is 70.2 Å². The monoisotopic (exact) mass is 414 g/mol. The van der Waals surface area contributed by atoms with Gasteiger partial charge in [0.05, 0.1) is 10.6 Å². The summed E-state index contributed by atoms with van der Waals surface area (Å²) in [5.41, 5.74) is 1.30. The van der Waals surface area contributed by atoms with E-state index in [0.29, 0.717) is 43.2 Å². The van der Waals surface area contributed by atoms with Crippen LogP contribution in [0.1, 0.15) is 32.9 Å². The van der Waals surface area contributed by atoms with Crippen molar-refractivity contribution in [2.24, 2.45) is 0 Å². The van der Waals surface area contributed by atoms with Crippen molar-refractivity contribution in [1.82, 2.24) is 9.80 Å². The van der Waals surface area contributed by atoms with Crippen molar-refractivity contribution < 1.29 is 18.4 Å². The fourth-order valence-corrected chi connectivity index (χ4v) is 3.90. The summed E-state index contributed by atoms with van der Waals surface area (Å²) in [6.45, 7) is 3.47. The molecular formula is C22H20ClFN2O3. The van der Waals surface area contributed by atoms with Gasteiger partial charge in [0.15, 0.2) is 11.3 Å². The molecule has 0 radical (unpaired) electrons. The molecule has 0 saturated carbocycles. The third kappa shape index (κ3) is 3.60. The highest BCUT2D eigenvalue weighted by atomic mass is 35.5. The van der Waals surface area contributed by atoms with Crippen LogP contribution in [0.15, 0.2) is 46.9 Å². The van der Waals surface area contributed by atoms with Gasteiger partial charge in [-0.25, -0.2) is 4.39 Å². The lowest BCUT2D eigenvalue weighted by Gasteiger charge is -2.22. The Balaban J connectivity index is 1.52. The molecule has 0 spiro atoms. The molecule has 150 valence electrons. The molecule has 1 aliphatic heterocycles. The topological polar surface area (TPSA) is 53.8 Å². The highest BCUT2D eigenvalue weighted by Crippen LogP contribution is 2.31. The summed E-state index contributed by atoms with van der Waals surface area (Å²) in [6, 6.07) is 11.4. The molecule has 4 rings (SSSR count). The van der Waals surface area contributed by atoms with Gasteiger partial charge in [-0.2, -0.15) is 0 Å². The molecule has 1 fully saturated rings. The zero-order valence-corrected chi connectivity index (χ0v) is 16.7. The van der Waals surface area contributed by atoms with Gasteiger partial charge in [0, 0.05) is 37.1 Å². The fourth-order valence-electron chi connectivity index (χ4n) is 3.69. The van der Waals surface area contributed by atoms with Crippen molar-refractivity contribution in [1.29, 1.82) is 0 Å². The van der Waals surface area contributed by atoms with Crippen molar-refractivity contribution in [3.8, 4) is 0 Å². The average molecular weight is 415 g/mol. The van der Waals surface area contributed by atoms with Gasteiger partial charge in [0.1, 0.15) is 5.82 Å². The Bertz CT molecular complexity index is 1090. The molecule has 3 aromatic rings. The number of fused-ring (bicyclic) bond motifs is 1. The third-order valence-corrected chi connectivity index (χ3v) is 5.58. The van der Waals surface area contributed by atoms with Crippen molar-refractivity contribution >= 4 is 34.4 Å². The summed E-state index contributed by atoms with van der Waals surface area (Å²) in [6.07, 6.45) is 0.603. The zero-order valence-electron chi connectivity index (χ0n) is 16.0. The first-order valence-corrected chi connectivity index (χ1v) is 9.86. The predicted octanol–water partition coefficient (Wildman–Crippen LogP) is 4.52. The van der Waals surface area contributed by atoms with Gasteiger partial charge < -0.3 is 14.2 Å². The van der Waals surface area contributed by atoms with Crippen LogP contribution in [0.2, 0.25) is 5.02 Å². The SMILES string of the molecule is Cc1c(C(=O)N2CCCN(C(=O)c3ccccc3F)CC2)oc2c(Cl)cccc12. The quantitative estimate of drug-likeness (QED) is 0.619. The molecule has 0 atom stereocenters. The molecule has 0 N–H and O–H groups in total. The van der Waals surface area contributed by atoms with Crippen LogP contribution in [0.3, 0.4) is 0 Å². The van der Waals surface area contributed by atoms with Crippen LogP contribution in [-0.4, -0.2) is 47.8 Å². The molecule has 2 heterocycles. The molecule has 29 heavy (non-hydrogen) atoms. The van der Waals surface area contributed by atoms with E-state index in [1.54, 1.807) is 28.0 Å². The molecule has 1 aliphatic rings. The van der Waals surface area contributed by atoms with Gasteiger partial charge in [0.25, 0.3) is 11.8 Å². The highest BCUT2D eigenvalue weighted by molar-refractivity contribution is 6.35.